The maximum absolute atomic E-state index is 10.9. The maximum Gasteiger partial charge on any atom is 0.354 e. The third-order valence-electron chi connectivity index (χ3n) is 3.27. The highest BCUT2D eigenvalue weighted by atomic mass is 16.4. The molecule has 0 aromatic carbocycles. The largest absolute Gasteiger partial charge is 0.477 e. The van der Waals surface area contributed by atoms with Crippen molar-refractivity contribution >= 4 is 17.6 Å². The molecule has 3 heterocycles. The number of aromatic nitrogens is 1. The Hall–Kier alpha value is -2.11. The van der Waals surface area contributed by atoms with E-state index in [0.717, 1.165) is 24.9 Å². The smallest absolute Gasteiger partial charge is 0.354 e. The van der Waals surface area contributed by atoms with Gasteiger partial charge < -0.3 is 15.7 Å². The van der Waals surface area contributed by atoms with E-state index in [1.807, 2.05) is 4.90 Å². The first-order valence-corrected chi connectivity index (χ1v) is 5.51. The normalized spacial score (nSPS) is 21.8. The summed E-state index contributed by atoms with van der Waals surface area (Å²) in [7, 11) is 0. The van der Waals surface area contributed by atoms with Gasteiger partial charge in [-0.3, -0.25) is 0 Å². The van der Waals surface area contributed by atoms with E-state index in [2.05, 4.69) is 9.98 Å². The molecule has 1 atom stereocenters. The van der Waals surface area contributed by atoms with Gasteiger partial charge in [-0.2, -0.15) is 0 Å². The molecule has 1 aromatic heterocycles. The predicted molar refractivity (Wildman–Crippen MR) is 61.2 cm³/mol. The fourth-order valence-corrected chi connectivity index (χ4v) is 2.49. The molecule has 2 aliphatic heterocycles. The Kier molecular flexibility index (Phi) is 2.04. The van der Waals surface area contributed by atoms with E-state index >= 15 is 0 Å². The molecule has 0 radical (unpaired) electrons. The summed E-state index contributed by atoms with van der Waals surface area (Å²) >= 11 is 0. The molecule has 0 unspecified atom stereocenters. The van der Waals surface area contributed by atoms with Gasteiger partial charge in [0.15, 0.2) is 5.96 Å². The molecular formula is C11H12N4O2. The number of pyridine rings is 1. The summed E-state index contributed by atoms with van der Waals surface area (Å²) in [4.78, 5) is 21.0. The van der Waals surface area contributed by atoms with Crippen molar-refractivity contribution < 1.29 is 9.90 Å². The lowest BCUT2D eigenvalue weighted by atomic mass is 10.0. The van der Waals surface area contributed by atoms with Crippen LogP contribution in [-0.2, 0) is 0 Å². The van der Waals surface area contributed by atoms with Gasteiger partial charge in [-0.15, -0.1) is 0 Å². The lowest BCUT2D eigenvalue weighted by Crippen LogP contribution is -2.38. The van der Waals surface area contributed by atoms with Crippen LogP contribution in [-0.4, -0.2) is 33.5 Å². The van der Waals surface area contributed by atoms with Gasteiger partial charge in [-0.05, 0) is 18.9 Å². The predicted octanol–water partition coefficient (Wildman–Crippen LogP) is 0.877. The van der Waals surface area contributed by atoms with Crippen LogP contribution in [0.25, 0.3) is 0 Å². The Labute approximate surface area is 97.8 Å². The van der Waals surface area contributed by atoms with Gasteiger partial charge in [0, 0.05) is 12.1 Å². The molecule has 6 heteroatoms. The van der Waals surface area contributed by atoms with E-state index in [1.54, 1.807) is 6.07 Å². The van der Waals surface area contributed by atoms with Crippen LogP contribution in [0.2, 0.25) is 0 Å². The fourth-order valence-electron chi connectivity index (χ4n) is 2.49. The van der Waals surface area contributed by atoms with Crippen molar-refractivity contribution in [3.05, 3.63) is 23.5 Å². The van der Waals surface area contributed by atoms with Crippen LogP contribution in [0.3, 0.4) is 0 Å². The SMILES string of the molecule is NC1=Nc2cnc(C(=O)O)cc2[C@H]2CCCN12. The van der Waals surface area contributed by atoms with Gasteiger partial charge in [0.25, 0.3) is 0 Å². The first kappa shape index (κ1) is 10.1. The van der Waals surface area contributed by atoms with Crippen LogP contribution in [0.15, 0.2) is 17.3 Å². The third kappa shape index (κ3) is 1.44. The summed E-state index contributed by atoms with van der Waals surface area (Å²) in [6.45, 7) is 0.879. The molecule has 1 fully saturated rings. The Morgan fingerprint density at radius 3 is 3.18 bits per heavy atom. The number of carboxylic acids is 1. The quantitative estimate of drug-likeness (QED) is 0.749. The number of hydrogen-bond donors (Lipinski definition) is 2. The highest BCUT2D eigenvalue weighted by Gasteiger charge is 2.33. The van der Waals surface area contributed by atoms with Gasteiger partial charge in [-0.1, -0.05) is 0 Å². The van der Waals surface area contributed by atoms with Crippen molar-refractivity contribution in [2.24, 2.45) is 10.7 Å². The number of carbonyl (C=O) groups is 1. The molecule has 6 nitrogen and oxygen atoms in total. The first-order valence-electron chi connectivity index (χ1n) is 5.51. The Morgan fingerprint density at radius 1 is 1.59 bits per heavy atom. The molecular weight excluding hydrogens is 220 g/mol. The zero-order valence-electron chi connectivity index (χ0n) is 9.13. The molecule has 0 bridgehead atoms. The average molecular weight is 232 g/mol. The van der Waals surface area contributed by atoms with E-state index in [-0.39, 0.29) is 11.7 Å². The van der Waals surface area contributed by atoms with Crippen LogP contribution in [0.4, 0.5) is 5.69 Å². The van der Waals surface area contributed by atoms with Crippen LogP contribution in [0.1, 0.15) is 34.9 Å². The number of aromatic carboxylic acids is 1. The minimum absolute atomic E-state index is 0.0614. The molecule has 0 saturated carbocycles. The number of nitrogens with zero attached hydrogens (tertiary/aromatic N) is 3. The van der Waals surface area contributed by atoms with Crippen molar-refractivity contribution in [3.63, 3.8) is 0 Å². The molecule has 2 aliphatic rings. The fraction of sp³-hybridized carbons (Fsp3) is 0.364. The minimum Gasteiger partial charge on any atom is -0.477 e. The van der Waals surface area contributed by atoms with E-state index in [4.69, 9.17) is 10.8 Å². The first-order chi connectivity index (χ1) is 8.16. The van der Waals surface area contributed by atoms with E-state index in [9.17, 15) is 4.79 Å². The highest BCUT2D eigenvalue weighted by molar-refractivity contribution is 5.88. The number of nitrogens with two attached hydrogens (primary N) is 1. The molecule has 17 heavy (non-hydrogen) atoms. The Balaban J connectivity index is 2.13. The third-order valence-corrected chi connectivity index (χ3v) is 3.27. The Bertz CT molecular complexity index is 526. The topological polar surface area (TPSA) is 91.8 Å². The summed E-state index contributed by atoms with van der Waals surface area (Å²) in [5.74, 6) is -0.509. The summed E-state index contributed by atoms with van der Waals surface area (Å²) in [6, 6.07) is 1.76. The van der Waals surface area contributed by atoms with Crippen LogP contribution >= 0.6 is 0 Å². The van der Waals surface area contributed by atoms with E-state index in [0.29, 0.717) is 11.6 Å². The number of carboxylic acid groups (broad SMARTS) is 1. The van der Waals surface area contributed by atoms with Gasteiger partial charge in [0.1, 0.15) is 5.69 Å². The average Bonchev–Trinajstić information content (AvgIpc) is 2.78. The second-order valence-corrected chi connectivity index (χ2v) is 4.25. The zero-order chi connectivity index (χ0) is 12.0. The number of hydrogen-bond acceptors (Lipinski definition) is 5. The van der Waals surface area contributed by atoms with Crippen LogP contribution in [0, 0.1) is 0 Å². The van der Waals surface area contributed by atoms with Gasteiger partial charge >= 0.3 is 5.97 Å². The van der Waals surface area contributed by atoms with Crippen molar-refractivity contribution in [3.8, 4) is 0 Å². The Morgan fingerprint density at radius 2 is 2.41 bits per heavy atom. The standard InChI is InChI=1S/C11H12N4O2/c12-11-14-8-5-13-7(10(16)17)4-6(8)9-2-1-3-15(9)11/h4-5,9H,1-3H2,(H2,12,14)(H,16,17)/t9-/m1/s1. The molecule has 1 saturated heterocycles. The summed E-state index contributed by atoms with van der Waals surface area (Å²) in [6.07, 6.45) is 3.51. The summed E-state index contributed by atoms with van der Waals surface area (Å²) in [5, 5.41) is 8.94. The number of rotatable bonds is 1. The number of guanidine groups is 1. The van der Waals surface area contributed by atoms with Crippen molar-refractivity contribution in [2.75, 3.05) is 6.54 Å². The number of fused-ring (bicyclic) bond motifs is 3. The van der Waals surface area contributed by atoms with E-state index in [1.165, 1.54) is 6.20 Å². The monoisotopic (exact) mass is 232 g/mol. The van der Waals surface area contributed by atoms with Gasteiger partial charge in [-0.25, -0.2) is 14.8 Å². The van der Waals surface area contributed by atoms with Crippen molar-refractivity contribution in [1.29, 1.82) is 0 Å². The molecule has 0 amide bonds. The maximum atomic E-state index is 10.9. The zero-order valence-corrected chi connectivity index (χ0v) is 9.13. The minimum atomic E-state index is -1.01. The lowest BCUT2D eigenvalue weighted by molar-refractivity contribution is 0.0690. The molecule has 1 aromatic rings. The van der Waals surface area contributed by atoms with Gasteiger partial charge in [0.05, 0.1) is 17.9 Å². The van der Waals surface area contributed by atoms with E-state index < -0.39 is 5.97 Å². The molecule has 3 N–H and O–H groups in total. The molecule has 0 spiro atoms. The summed E-state index contributed by atoms with van der Waals surface area (Å²) in [5.41, 5.74) is 7.54. The molecule has 3 rings (SSSR count). The lowest BCUT2D eigenvalue weighted by Gasteiger charge is -2.30. The number of aliphatic imine (C=N–C) groups is 1. The highest BCUT2D eigenvalue weighted by Crippen LogP contribution is 2.40. The van der Waals surface area contributed by atoms with Crippen LogP contribution in [0.5, 0.6) is 0 Å². The van der Waals surface area contributed by atoms with Crippen molar-refractivity contribution in [1.82, 2.24) is 9.88 Å². The van der Waals surface area contributed by atoms with Gasteiger partial charge in [0.2, 0.25) is 0 Å². The van der Waals surface area contributed by atoms with Crippen molar-refractivity contribution in [2.45, 2.75) is 18.9 Å². The second kappa shape index (κ2) is 3.44. The molecule has 0 aliphatic carbocycles. The second-order valence-electron chi connectivity index (χ2n) is 4.25. The summed E-state index contributed by atoms with van der Waals surface area (Å²) < 4.78 is 0. The molecule has 88 valence electrons. The van der Waals surface area contributed by atoms with Crippen LogP contribution < -0.4 is 5.73 Å².